The van der Waals surface area contributed by atoms with Gasteiger partial charge < -0.3 is 14.8 Å². The standard InChI is InChI=1S/C13H20BrN3O3/c1-9(10-3-5-20-8-10)16-11-7-15-17(4-6-19-2)13(18)12(11)14/h7,9-10,16H,3-6,8H2,1-2H3. The van der Waals surface area contributed by atoms with Gasteiger partial charge in [-0.1, -0.05) is 0 Å². The van der Waals surface area contributed by atoms with Crippen molar-refractivity contribution in [3.05, 3.63) is 21.0 Å². The highest BCUT2D eigenvalue weighted by molar-refractivity contribution is 9.10. The number of halogens is 1. The van der Waals surface area contributed by atoms with Crippen molar-refractivity contribution in [3.63, 3.8) is 0 Å². The summed E-state index contributed by atoms with van der Waals surface area (Å²) in [7, 11) is 1.60. The predicted molar refractivity (Wildman–Crippen MR) is 80.1 cm³/mol. The number of rotatable bonds is 6. The molecule has 7 heteroatoms. The number of nitrogens with one attached hydrogen (secondary N) is 1. The minimum Gasteiger partial charge on any atom is -0.383 e. The van der Waals surface area contributed by atoms with E-state index in [1.165, 1.54) is 4.68 Å². The second kappa shape index (κ2) is 7.19. The highest BCUT2D eigenvalue weighted by atomic mass is 79.9. The van der Waals surface area contributed by atoms with Crippen LogP contribution < -0.4 is 10.9 Å². The zero-order chi connectivity index (χ0) is 14.5. The molecule has 2 unspecified atom stereocenters. The molecule has 0 aliphatic carbocycles. The summed E-state index contributed by atoms with van der Waals surface area (Å²) in [4.78, 5) is 12.1. The molecule has 2 atom stereocenters. The van der Waals surface area contributed by atoms with Crippen LogP contribution in [-0.4, -0.2) is 42.8 Å². The molecule has 0 aromatic carbocycles. The number of nitrogens with zero attached hydrogens (tertiary/aromatic N) is 2. The molecule has 1 saturated heterocycles. The molecule has 1 aliphatic heterocycles. The first-order valence-electron chi connectivity index (χ1n) is 6.72. The van der Waals surface area contributed by atoms with Gasteiger partial charge in [0, 0.05) is 25.7 Å². The molecule has 0 amide bonds. The topological polar surface area (TPSA) is 65.4 Å². The molecule has 1 N–H and O–H groups in total. The van der Waals surface area contributed by atoms with Crippen LogP contribution in [0.25, 0.3) is 0 Å². The molecule has 0 bridgehead atoms. The van der Waals surface area contributed by atoms with Crippen molar-refractivity contribution >= 4 is 21.6 Å². The molecule has 1 aromatic rings. The molecule has 1 fully saturated rings. The van der Waals surface area contributed by atoms with E-state index in [9.17, 15) is 4.79 Å². The third kappa shape index (κ3) is 3.59. The quantitative estimate of drug-likeness (QED) is 0.846. The number of methoxy groups -OCH3 is 1. The van der Waals surface area contributed by atoms with Gasteiger partial charge in [-0.25, -0.2) is 4.68 Å². The summed E-state index contributed by atoms with van der Waals surface area (Å²) < 4.78 is 12.2. The van der Waals surface area contributed by atoms with Gasteiger partial charge in [0.15, 0.2) is 0 Å². The molecule has 2 rings (SSSR count). The maximum absolute atomic E-state index is 12.1. The van der Waals surface area contributed by atoms with E-state index in [1.807, 2.05) is 0 Å². The summed E-state index contributed by atoms with van der Waals surface area (Å²) in [6.45, 7) is 4.59. The monoisotopic (exact) mass is 345 g/mol. The average molecular weight is 346 g/mol. The van der Waals surface area contributed by atoms with Gasteiger partial charge in [0.1, 0.15) is 4.47 Å². The Morgan fingerprint density at radius 3 is 3.15 bits per heavy atom. The van der Waals surface area contributed by atoms with E-state index in [0.717, 1.165) is 25.3 Å². The van der Waals surface area contributed by atoms with Crippen molar-refractivity contribution in [2.45, 2.75) is 25.9 Å². The second-order valence-corrected chi connectivity index (χ2v) is 5.74. The van der Waals surface area contributed by atoms with E-state index in [-0.39, 0.29) is 11.6 Å². The molecule has 0 saturated carbocycles. The molecular weight excluding hydrogens is 326 g/mol. The fourth-order valence-electron chi connectivity index (χ4n) is 2.21. The van der Waals surface area contributed by atoms with Gasteiger partial charge >= 0.3 is 0 Å². The summed E-state index contributed by atoms with van der Waals surface area (Å²) >= 11 is 3.35. The van der Waals surface area contributed by atoms with E-state index in [1.54, 1.807) is 13.3 Å². The maximum Gasteiger partial charge on any atom is 0.283 e. The van der Waals surface area contributed by atoms with Crippen molar-refractivity contribution in [1.82, 2.24) is 9.78 Å². The van der Waals surface area contributed by atoms with Gasteiger partial charge in [-0.2, -0.15) is 5.10 Å². The van der Waals surface area contributed by atoms with E-state index < -0.39 is 0 Å². The molecule has 0 radical (unpaired) electrons. The van der Waals surface area contributed by atoms with Crippen LogP contribution >= 0.6 is 15.9 Å². The van der Waals surface area contributed by atoms with E-state index in [0.29, 0.717) is 23.5 Å². The Kier molecular flexibility index (Phi) is 5.56. The zero-order valence-electron chi connectivity index (χ0n) is 11.8. The van der Waals surface area contributed by atoms with E-state index >= 15 is 0 Å². The summed E-state index contributed by atoms with van der Waals surface area (Å²) in [5, 5.41) is 7.50. The minimum absolute atomic E-state index is 0.151. The van der Waals surface area contributed by atoms with Gasteiger partial charge in [-0.3, -0.25) is 4.79 Å². The molecule has 0 spiro atoms. The van der Waals surface area contributed by atoms with E-state index in [4.69, 9.17) is 9.47 Å². The van der Waals surface area contributed by atoms with Crippen LogP contribution in [0.15, 0.2) is 15.5 Å². The largest absolute Gasteiger partial charge is 0.383 e. The Bertz CT molecular complexity index is 500. The van der Waals surface area contributed by atoms with Crippen LogP contribution in [0.2, 0.25) is 0 Å². The number of hydrogen-bond donors (Lipinski definition) is 1. The lowest BCUT2D eigenvalue weighted by Crippen LogP contribution is -2.30. The van der Waals surface area contributed by atoms with Gasteiger partial charge in [0.2, 0.25) is 0 Å². The molecule has 2 heterocycles. The Labute approximate surface area is 126 Å². The third-order valence-electron chi connectivity index (χ3n) is 3.55. The summed E-state index contributed by atoms with van der Waals surface area (Å²) in [6.07, 6.45) is 2.72. The van der Waals surface area contributed by atoms with Crippen molar-refractivity contribution in [2.75, 3.05) is 32.2 Å². The normalized spacial score (nSPS) is 20.1. The van der Waals surface area contributed by atoms with Crippen LogP contribution in [0.4, 0.5) is 5.69 Å². The number of anilines is 1. The zero-order valence-corrected chi connectivity index (χ0v) is 13.4. The SMILES string of the molecule is COCCn1ncc(NC(C)C2CCOC2)c(Br)c1=O. The maximum atomic E-state index is 12.1. The molecular formula is C13H20BrN3O3. The molecule has 1 aliphatic rings. The predicted octanol–water partition coefficient (Wildman–Crippen LogP) is 1.49. The van der Waals surface area contributed by atoms with Crippen LogP contribution in [0.3, 0.4) is 0 Å². The first kappa shape index (κ1) is 15.5. The van der Waals surface area contributed by atoms with Crippen molar-refractivity contribution in [3.8, 4) is 0 Å². The fourth-order valence-corrected chi connectivity index (χ4v) is 2.63. The molecule has 6 nitrogen and oxygen atoms in total. The highest BCUT2D eigenvalue weighted by Gasteiger charge is 2.23. The van der Waals surface area contributed by atoms with Crippen LogP contribution in [-0.2, 0) is 16.0 Å². The molecule has 1 aromatic heterocycles. The summed E-state index contributed by atoms with van der Waals surface area (Å²) in [5.74, 6) is 0.470. The lowest BCUT2D eigenvalue weighted by molar-refractivity contribution is 0.181. The van der Waals surface area contributed by atoms with E-state index in [2.05, 4.69) is 33.3 Å². The summed E-state index contributed by atoms with van der Waals surface area (Å²) in [6, 6.07) is 0.241. The lowest BCUT2D eigenvalue weighted by atomic mass is 10.0. The van der Waals surface area contributed by atoms with Crippen molar-refractivity contribution < 1.29 is 9.47 Å². The Hall–Kier alpha value is -0.920. The Morgan fingerprint density at radius 2 is 2.50 bits per heavy atom. The smallest absolute Gasteiger partial charge is 0.283 e. The van der Waals surface area contributed by atoms with Gasteiger partial charge in [0.25, 0.3) is 5.56 Å². The highest BCUT2D eigenvalue weighted by Crippen LogP contribution is 2.23. The molecule has 20 heavy (non-hydrogen) atoms. The first-order chi connectivity index (χ1) is 9.63. The van der Waals surface area contributed by atoms with Crippen molar-refractivity contribution in [1.29, 1.82) is 0 Å². The van der Waals surface area contributed by atoms with Gasteiger partial charge in [0.05, 0.1) is 31.6 Å². The van der Waals surface area contributed by atoms with Crippen LogP contribution in [0, 0.1) is 5.92 Å². The fraction of sp³-hybridized carbons (Fsp3) is 0.692. The van der Waals surface area contributed by atoms with Crippen molar-refractivity contribution in [2.24, 2.45) is 5.92 Å². The Balaban J connectivity index is 2.08. The van der Waals surface area contributed by atoms with Crippen LogP contribution in [0.1, 0.15) is 13.3 Å². The van der Waals surface area contributed by atoms with Crippen LogP contribution in [0.5, 0.6) is 0 Å². The average Bonchev–Trinajstić information content (AvgIpc) is 2.97. The number of hydrogen-bond acceptors (Lipinski definition) is 5. The number of aromatic nitrogens is 2. The van der Waals surface area contributed by atoms with Gasteiger partial charge in [-0.15, -0.1) is 0 Å². The first-order valence-corrected chi connectivity index (χ1v) is 7.51. The van der Waals surface area contributed by atoms with Gasteiger partial charge in [-0.05, 0) is 29.3 Å². The molecule has 112 valence electrons. The lowest BCUT2D eigenvalue weighted by Gasteiger charge is -2.21. The summed E-state index contributed by atoms with van der Waals surface area (Å²) in [5.41, 5.74) is 0.574. The third-order valence-corrected chi connectivity index (χ3v) is 4.31. The number of ether oxygens (including phenoxy) is 2. The second-order valence-electron chi connectivity index (χ2n) is 4.95. The minimum atomic E-state index is -0.151. The Morgan fingerprint density at radius 1 is 1.70 bits per heavy atom.